The first-order valence-electron chi connectivity index (χ1n) is 5.91. The first-order chi connectivity index (χ1) is 8.40. The van der Waals surface area contributed by atoms with Gasteiger partial charge in [-0.05, 0) is 12.8 Å². The van der Waals surface area contributed by atoms with Gasteiger partial charge in [0.05, 0.1) is 6.10 Å². The molecule has 1 atom stereocenters. The summed E-state index contributed by atoms with van der Waals surface area (Å²) in [4.78, 5) is -0.0424. The molecule has 0 aliphatic carbocycles. The van der Waals surface area contributed by atoms with E-state index in [-0.39, 0.29) is 17.3 Å². The molecule has 0 aliphatic rings. The Bertz CT molecular complexity index is 483. The number of anilines is 1. The van der Waals surface area contributed by atoms with Crippen molar-refractivity contribution in [3.63, 3.8) is 0 Å². The minimum atomic E-state index is -3.71. The van der Waals surface area contributed by atoms with E-state index in [4.69, 9.17) is 5.73 Å². The van der Waals surface area contributed by atoms with Crippen LogP contribution in [0.5, 0.6) is 0 Å². The van der Waals surface area contributed by atoms with Crippen molar-refractivity contribution in [3.05, 3.63) is 6.20 Å². The molecule has 0 saturated carbocycles. The van der Waals surface area contributed by atoms with Crippen LogP contribution >= 0.6 is 0 Å². The lowest BCUT2D eigenvalue weighted by molar-refractivity contribution is 0.174. The summed E-state index contributed by atoms with van der Waals surface area (Å²) in [5, 5.41) is 13.3. The van der Waals surface area contributed by atoms with Crippen LogP contribution in [-0.2, 0) is 16.6 Å². The van der Waals surface area contributed by atoms with E-state index in [1.165, 1.54) is 10.9 Å². The number of nitrogens with two attached hydrogens (primary N) is 1. The molecule has 18 heavy (non-hydrogen) atoms. The van der Waals surface area contributed by atoms with Crippen molar-refractivity contribution in [3.8, 4) is 0 Å². The lowest BCUT2D eigenvalue weighted by Gasteiger charge is -2.09. The minimum Gasteiger partial charge on any atom is -0.392 e. The molecule has 8 heteroatoms. The summed E-state index contributed by atoms with van der Waals surface area (Å²) in [6.45, 7) is 4.31. The summed E-state index contributed by atoms with van der Waals surface area (Å²) in [5.74, 6) is -0.0260. The van der Waals surface area contributed by atoms with Gasteiger partial charge in [-0.2, -0.15) is 5.10 Å². The first kappa shape index (κ1) is 14.9. The Morgan fingerprint density at radius 1 is 1.56 bits per heavy atom. The molecule has 1 aromatic rings. The lowest BCUT2D eigenvalue weighted by Crippen LogP contribution is -2.32. The SMILES string of the molecule is CCCn1cc(S(=O)(=O)NCC(O)CC)c(N)n1. The molecule has 7 nitrogen and oxygen atoms in total. The number of nitrogens with one attached hydrogen (secondary N) is 1. The van der Waals surface area contributed by atoms with Gasteiger partial charge in [0.2, 0.25) is 10.0 Å². The number of aliphatic hydroxyl groups excluding tert-OH is 1. The normalized spacial score (nSPS) is 13.7. The predicted octanol–water partition coefficient (Wildman–Crippen LogP) is -0.0755. The van der Waals surface area contributed by atoms with Crippen LogP contribution < -0.4 is 10.5 Å². The zero-order valence-electron chi connectivity index (χ0n) is 10.6. The molecular formula is C10H20N4O3S. The van der Waals surface area contributed by atoms with Gasteiger partial charge in [0.1, 0.15) is 4.90 Å². The largest absolute Gasteiger partial charge is 0.392 e. The van der Waals surface area contributed by atoms with E-state index in [9.17, 15) is 13.5 Å². The molecule has 104 valence electrons. The van der Waals surface area contributed by atoms with Crippen molar-refractivity contribution in [2.24, 2.45) is 0 Å². The molecule has 0 saturated heterocycles. The van der Waals surface area contributed by atoms with Crippen molar-refractivity contribution < 1.29 is 13.5 Å². The van der Waals surface area contributed by atoms with Crippen molar-refractivity contribution in [2.45, 2.75) is 44.2 Å². The molecule has 0 radical (unpaired) electrons. The van der Waals surface area contributed by atoms with Crippen LogP contribution in [-0.4, -0.2) is 36.0 Å². The van der Waals surface area contributed by atoms with Crippen molar-refractivity contribution in [1.82, 2.24) is 14.5 Å². The summed E-state index contributed by atoms with van der Waals surface area (Å²) in [7, 11) is -3.71. The summed E-state index contributed by atoms with van der Waals surface area (Å²) < 4.78 is 27.7. The number of aryl methyl sites for hydroxylation is 1. The van der Waals surface area contributed by atoms with Gasteiger partial charge < -0.3 is 10.8 Å². The second-order valence-corrected chi connectivity index (χ2v) is 5.79. The van der Waals surface area contributed by atoms with Gasteiger partial charge in [0, 0.05) is 19.3 Å². The molecule has 0 spiro atoms. The third-order valence-corrected chi connectivity index (χ3v) is 3.92. The summed E-state index contributed by atoms with van der Waals surface area (Å²) in [6.07, 6.45) is 2.02. The molecule has 0 aliphatic heterocycles. The van der Waals surface area contributed by atoms with Crippen LogP contribution in [0.15, 0.2) is 11.1 Å². The molecule has 1 unspecified atom stereocenters. The predicted molar refractivity (Wildman–Crippen MR) is 68.4 cm³/mol. The summed E-state index contributed by atoms with van der Waals surface area (Å²) >= 11 is 0. The highest BCUT2D eigenvalue weighted by Gasteiger charge is 2.21. The number of nitrogen functional groups attached to an aromatic ring is 1. The fourth-order valence-electron chi connectivity index (χ4n) is 1.40. The number of aliphatic hydroxyl groups is 1. The van der Waals surface area contributed by atoms with Gasteiger partial charge in [-0.25, -0.2) is 13.1 Å². The van der Waals surface area contributed by atoms with Gasteiger partial charge in [-0.1, -0.05) is 13.8 Å². The van der Waals surface area contributed by atoms with Crippen LogP contribution in [0.25, 0.3) is 0 Å². The molecule has 0 amide bonds. The Kier molecular flexibility index (Phi) is 5.12. The van der Waals surface area contributed by atoms with Crippen LogP contribution in [0.4, 0.5) is 5.82 Å². The average Bonchev–Trinajstić information content (AvgIpc) is 2.68. The second-order valence-electron chi connectivity index (χ2n) is 4.06. The standard InChI is InChI=1S/C10H20N4O3S/c1-3-5-14-7-9(10(11)13-14)18(16,17)12-6-8(15)4-2/h7-8,12,15H,3-6H2,1-2H3,(H2,11,13). The number of hydrogen-bond donors (Lipinski definition) is 3. The van der Waals surface area contributed by atoms with Crippen LogP contribution in [0.3, 0.4) is 0 Å². The fourth-order valence-corrected chi connectivity index (χ4v) is 2.54. The highest BCUT2D eigenvalue weighted by Crippen LogP contribution is 2.16. The van der Waals surface area contributed by atoms with Crippen LogP contribution in [0.2, 0.25) is 0 Å². The molecular weight excluding hydrogens is 256 g/mol. The number of nitrogens with zero attached hydrogens (tertiary/aromatic N) is 2. The molecule has 0 bridgehead atoms. The Labute approximate surface area is 107 Å². The fraction of sp³-hybridized carbons (Fsp3) is 0.700. The molecule has 1 rings (SSSR count). The van der Waals surface area contributed by atoms with Crippen molar-refractivity contribution in [2.75, 3.05) is 12.3 Å². The Balaban J connectivity index is 2.84. The smallest absolute Gasteiger partial charge is 0.245 e. The molecule has 1 heterocycles. The van der Waals surface area contributed by atoms with Crippen molar-refractivity contribution in [1.29, 1.82) is 0 Å². The van der Waals surface area contributed by atoms with Gasteiger partial charge >= 0.3 is 0 Å². The maximum Gasteiger partial charge on any atom is 0.245 e. The monoisotopic (exact) mass is 276 g/mol. The molecule has 1 aromatic heterocycles. The number of sulfonamides is 1. The van der Waals surface area contributed by atoms with Gasteiger partial charge in [0.25, 0.3) is 0 Å². The Morgan fingerprint density at radius 2 is 2.22 bits per heavy atom. The van der Waals surface area contributed by atoms with E-state index in [0.29, 0.717) is 13.0 Å². The maximum absolute atomic E-state index is 11.9. The van der Waals surface area contributed by atoms with E-state index in [1.807, 2.05) is 6.92 Å². The quantitative estimate of drug-likeness (QED) is 0.645. The second kappa shape index (κ2) is 6.17. The highest BCUT2D eigenvalue weighted by molar-refractivity contribution is 7.89. The Morgan fingerprint density at radius 3 is 2.78 bits per heavy atom. The van der Waals surface area contributed by atoms with E-state index in [0.717, 1.165) is 6.42 Å². The third-order valence-electron chi connectivity index (χ3n) is 2.48. The Hall–Kier alpha value is -1.12. The first-order valence-corrected chi connectivity index (χ1v) is 7.39. The zero-order chi connectivity index (χ0) is 13.8. The van der Waals surface area contributed by atoms with Crippen molar-refractivity contribution >= 4 is 15.8 Å². The molecule has 0 fully saturated rings. The zero-order valence-corrected chi connectivity index (χ0v) is 11.4. The van der Waals surface area contributed by atoms with Gasteiger partial charge in [-0.3, -0.25) is 4.68 Å². The van der Waals surface area contributed by atoms with E-state index < -0.39 is 16.1 Å². The molecule has 4 N–H and O–H groups in total. The minimum absolute atomic E-state index is 0.0260. The number of aromatic nitrogens is 2. The summed E-state index contributed by atoms with van der Waals surface area (Å²) in [6, 6.07) is 0. The van der Waals surface area contributed by atoms with E-state index in [1.54, 1.807) is 6.92 Å². The number of rotatable bonds is 7. The van der Waals surface area contributed by atoms with Gasteiger partial charge in [-0.15, -0.1) is 0 Å². The van der Waals surface area contributed by atoms with E-state index in [2.05, 4.69) is 9.82 Å². The van der Waals surface area contributed by atoms with E-state index >= 15 is 0 Å². The van der Waals surface area contributed by atoms with Crippen LogP contribution in [0.1, 0.15) is 26.7 Å². The lowest BCUT2D eigenvalue weighted by atomic mass is 10.3. The number of hydrogen-bond acceptors (Lipinski definition) is 5. The third kappa shape index (κ3) is 3.69. The van der Waals surface area contributed by atoms with Gasteiger partial charge in [0.15, 0.2) is 5.82 Å². The highest BCUT2D eigenvalue weighted by atomic mass is 32.2. The topological polar surface area (TPSA) is 110 Å². The maximum atomic E-state index is 11.9. The molecule has 0 aromatic carbocycles. The average molecular weight is 276 g/mol. The van der Waals surface area contributed by atoms with Crippen LogP contribution in [0, 0.1) is 0 Å². The summed E-state index contributed by atoms with van der Waals surface area (Å²) in [5.41, 5.74) is 5.58.